The first kappa shape index (κ1) is 11.3. The maximum atomic E-state index is 4.33. The second-order valence-electron chi connectivity index (χ2n) is 1.59. The molecule has 2 rings (SSSR count). The van der Waals surface area contributed by atoms with E-state index >= 15 is 0 Å². The van der Waals surface area contributed by atoms with Crippen molar-refractivity contribution in [2.45, 2.75) is 13.8 Å². The third-order valence-electron chi connectivity index (χ3n) is 0.825. The highest BCUT2D eigenvalue weighted by Crippen LogP contribution is 1.72. The van der Waals surface area contributed by atoms with Gasteiger partial charge in [-0.2, -0.15) is 0 Å². The Morgan fingerprint density at radius 3 is 1.77 bits per heavy atom. The molecule has 0 atom stereocenters. The van der Waals surface area contributed by atoms with Gasteiger partial charge in [-0.3, -0.25) is 0 Å². The first-order valence-corrected chi connectivity index (χ1v) is 4.04. The van der Waals surface area contributed by atoms with Crippen LogP contribution in [0.15, 0.2) is 47.8 Å². The third kappa shape index (κ3) is 8.19. The lowest BCUT2D eigenvalue weighted by Gasteiger charge is -1.70. The fourth-order valence-electron chi connectivity index (χ4n) is 0.429. The van der Waals surface area contributed by atoms with Crippen LogP contribution >= 0.6 is 0 Å². The maximum Gasteiger partial charge on any atom is 0.123 e. The summed E-state index contributed by atoms with van der Waals surface area (Å²) >= 11 is 0. The Labute approximate surface area is 77.6 Å². The lowest BCUT2D eigenvalue weighted by atomic mass is 10.7. The van der Waals surface area contributed by atoms with E-state index in [0.717, 1.165) is 0 Å². The molecule has 13 heavy (non-hydrogen) atoms. The minimum Gasteiger partial charge on any atom is -0.365 e. The average Bonchev–Trinajstić information content (AvgIpc) is 2.82. The van der Waals surface area contributed by atoms with Gasteiger partial charge in [0.15, 0.2) is 0 Å². The first-order chi connectivity index (χ1) is 6.50. The number of rotatable bonds is 0. The molecule has 2 aromatic rings. The SMILES string of the molecule is CC.c1cncnc1.c1cnoc1. The van der Waals surface area contributed by atoms with E-state index in [1.54, 1.807) is 30.7 Å². The van der Waals surface area contributed by atoms with Gasteiger partial charge in [0.05, 0.1) is 6.20 Å². The highest BCUT2D eigenvalue weighted by Gasteiger charge is 1.60. The standard InChI is InChI=1S/C4H4N2.C3H3NO.C2H6/c1-2-5-4-6-3-1;1-2-4-5-3-1;1-2/h1-4H;1-3H;1-2H3. The summed E-state index contributed by atoms with van der Waals surface area (Å²) in [4.78, 5) is 7.35. The molecule has 0 aliphatic rings. The Morgan fingerprint density at radius 1 is 0.923 bits per heavy atom. The van der Waals surface area contributed by atoms with Gasteiger partial charge in [-0.15, -0.1) is 0 Å². The van der Waals surface area contributed by atoms with Gasteiger partial charge in [0.25, 0.3) is 0 Å². The highest BCUT2D eigenvalue weighted by atomic mass is 16.5. The predicted octanol–water partition coefficient (Wildman–Crippen LogP) is 2.18. The van der Waals surface area contributed by atoms with Crippen molar-refractivity contribution in [3.05, 3.63) is 43.3 Å². The molecule has 0 bridgehead atoms. The van der Waals surface area contributed by atoms with Crippen molar-refractivity contribution in [2.24, 2.45) is 0 Å². The van der Waals surface area contributed by atoms with Crippen molar-refractivity contribution < 1.29 is 4.52 Å². The van der Waals surface area contributed by atoms with Crippen molar-refractivity contribution >= 4 is 0 Å². The van der Waals surface area contributed by atoms with Crippen molar-refractivity contribution in [3.8, 4) is 0 Å². The summed E-state index contributed by atoms with van der Waals surface area (Å²) in [5, 5.41) is 3.35. The van der Waals surface area contributed by atoms with Crippen LogP contribution in [0.5, 0.6) is 0 Å². The second kappa shape index (κ2) is 10.3. The van der Waals surface area contributed by atoms with Crippen LogP contribution in [0.3, 0.4) is 0 Å². The molecule has 0 saturated heterocycles. The van der Waals surface area contributed by atoms with Crippen molar-refractivity contribution in [1.82, 2.24) is 15.1 Å². The zero-order chi connectivity index (χ0) is 9.78. The summed E-state index contributed by atoms with van der Waals surface area (Å²) in [5.74, 6) is 0. The van der Waals surface area contributed by atoms with Gasteiger partial charge in [0, 0.05) is 12.4 Å². The Bertz CT molecular complexity index is 201. The number of aromatic nitrogens is 3. The molecule has 0 radical (unpaired) electrons. The average molecular weight is 179 g/mol. The number of nitrogens with zero attached hydrogens (tertiary/aromatic N) is 3. The normalized spacial score (nSPS) is 7.23. The summed E-state index contributed by atoms with van der Waals surface area (Å²) in [5.41, 5.74) is 0. The molecule has 4 nitrogen and oxygen atoms in total. The maximum absolute atomic E-state index is 4.33. The molecular formula is C9H13N3O. The fraction of sp³-hybridized carbons (Fsp3) is 0.222. The molecule has 0 aromatic carbocycles. The second-order valence-corrected chi connectivity index (χ2v) is 1.59. The van der Waals surface area contributed by atoms with E-state index in [1.165, 1.54) is 12.6 Å². The molecule has 0 N–H and O–H groups in total. The molecular weight excluding hydrogens is 166 g/mol. The quantitative estimate of drug-likeness (QED) is 0.622. The highest BCUT2D eigenvalue weighted by molar-refractivity contribution is 4.74. The Hall–Kier alpha value is -1.71. The van der Waals surface area contributed by atoms with Gasteiger partial charge in [0.2, 0.25) is 0 Å². The minimum atomic E-state index is 1.50. The van der Waals surface area contributed by atoms with E-state index in [1.807, 2.05) is 13.8 Å². The minimum absolute atomic E-state index is 1.50. The van der Waals surface area contributed by atoms with Crippen LogP contribution in [0.2, 0.25) is 0 Å². The molecule has 0 aliphatic heterocycles. The summed E-state index contributed by atoms with van der Waals surface area (Å²) in [6, 6.07) is 3.50. The van der Waals surface area contributed by atoms with Gasteiger partial charge >= 0.3 is 0 Å². The van der Waals surface area contributed by atoms with Crippen LogP contribution in [-0.4, -0.2) is 15.1 Å². The summed E-state index contributed by atoms with van der Waals surface area (Å²) in [6.07, 6.45) is 7.97. The number of hydrogen-bond donors (Lipinski definition) is 0. The molecule has 0 unspecified atom stereocenters. The zero-order valence-electron chi connectivity index (χ0n) is 7.79. The van der Waals surface area contributed by atoms with Gasteiger partial charge in [-0.1, -0.05) is 19.0 Å². The molecule has 0 fully saturated rings. The number of hydrogen-bond acceptors (Lipinski definition) is 4. The van der Waals surface area contributed by atoms with E-state index in [4.69, 9.17) is 0 Å². The Morgan fingerprint density at radius 2 is 1.62 bits per heavy atom. The molecule has 0 saturated carbocycles. The Kier molecular flexibility index (Phi) is 8.94. The third-order valence-corrected chi connectivity index (χ3v) is 0.825. The molecule has 4 heteroatoms. The smallest absolute Gasteiger partial charge is 0.123 e. The Balaban J connectivity index is 0.000000189. The lowest BCUT2D eigenvalue weighted by molar-refractivity contribution is 0.420. The summed E-state index contributed by atoms with van der Waals surface area (Å²) in [7, 11) is 0. The molecule has 0 spiro atoms. The van der Waals surface area contributed by atoms with Crippen molar-refractivity contribution in [3.63, 3.8) is 0 Å². The van der Waals surface area contributed by atoms with Gasteiger partial charge in [-0.05, 0) is 12.1 Å². The van der Waals surface area contributed by atoms with Crippen LogP contribution in [0.25, 0.3) is 0 Å². The largest absolute Gasteiger partial charge is 0.365 e. The van der Waals surface area contributed by atoms with Gasteiger partial charge in [0.1, 0.15) is 12.6 Å². The van der Waals surface area contributed by atoms with E-state index in [9.17, 15) is 0 Å². The zero-order valence-corrected chi connectivity index (χ0v) is 7.79. The van der Waals surface area contributed by atoms with Gasteiger partial charge in [-0.25, -0.2) is 9.97 Å². The van der Waals surface area contributed by atoms with Crippen LogP contribution < -0.4 is 0 Å². The molecule has 2 heterocycles. The topological polar surface area (TPSA) is 51.8 Å². The van der Waals surface area contributed by atoms with Crippen LogP contribution in [0, 0.1) is 0 Å². The van der Waals surface area contributed by atoms with Crippen molar-refractivity contribution in [2.75, 3.05) is 0 Å². The molecule has 70 valence electrons. The van der Waals surface area contributed by atoms with Crippen LogP contribution in [-0.2, 0) is 0 Å². The predicted molar refractivity (Wildman–Crippen MR) is 49.9 cm³/mol. The van der Waals surface area contributed by atoms with E-state index < -0.39 is 0 Å². The monoisotopic (exact) mass is 179 g/mol. The van der Waals surface area contributed by atoms with E-state index in [2.05, 4.69) is 19.6 Å². The van der Waals surface area contributed by atoms with E-state index in [0.29, 0.717) is 0 Å². The molecule has 2 aromatic heterocycles. The summed E-state index contributed by atoms with van der Waals surface area (Å²) in [6.45, 7) is 4.00. The first-order valence-electron chi connectivity index (χ1n) is 4.04. The lowest BCUT2D eigenvalue weighted by Crippen LogP contribution is -1.66. The molecule has 0 aliphatic carbocycles. The van der Waals surface area contributed by atoms with Gasteiger partial charge < -0.3 is 4.52 Å². The van der Waals surface area contributed by atoms with Crippen LogP contribution in [0.1, 0.15) is 13.8 Å². The van der Waals surface area contributed by atoms with E-state index in [-0.39, 0.29) is 0 Å². The summed E-state index contributed by atoms with van der Waals surface area (Å²) < 4.78 is 4.33. The van der Waals surface area contributed by atoms with Crippen LogP contribution in [0.4, 0.5) is 0 Å². The fourth-order valence-corrected chi connectivity index (χ4v) is 0.429. The molecule has 0 amide bonds. The van der Waals surface area contributed by atoms with Crippen molar-refractivity contribution in [1.29, 1.82) is 0 Å².